The maximum Gasteiger partial charge on any atom is 0.305 e. The highest BCUT2D eigenvalue weighted by atomic mass is 16.5. The molecule has 5 nitrogen and oxygen atoms in total. The summed E-state index contributed by atoms with van der Waals surface area (Å²) in [6.45, 7) is 0.574. The van der Waals surface area contributed by atoms with Gasteiger partial charge >= 0.3 is 5.97 Å². The fourth-order valence-electron chi connectivity index (χ4n) is 3.00. The van der Waals surface area contributed by atoms with Crippen LogP contribution in [-0.4, -0.2) is 25.5 Å². The molecule has 0 bridgehead atoms. The number of ether oxygens (including phenoxy) is 1. The first-order valence-electron chi connectivity index (χ1n) is 7.80. The quantitative estimate of drug-likeness (QED) is 0.789. The highest BCUT2D eigenvalue weighted by molar-refractivity contribution is 5.92. The number of amides is 1. The lowest BCUT2D eigenvalue weighted by Gasteiger charge is -2.17. The van der Waals surface area contributed by atoms with E-state index in [0.717, 1.165) is 30.5 Å². The Kier molecular flexibility index (Phi) is 5.95. The number of esters is 1. The van der Waals surface area contributed by atoms with Crippen molar-refractivity contribution in [1.82, 2.24) is 0 Å². The number of carbonyl (C=O) groups is 2. The van der Waals surface area contributed by atoms with Gasteiger partial charge in [0.25, 0.3) is 0 Å². The molecule has 1 saturated carbocycles. The van der Waals surface area contributed by atoms with Crippen LogP contribution in [0.5, 0.6) is 0 Å². The highest BCUT2D eigenvalue weighted by Gasteiger charge is 2.31. The van der Waals surface area contributed by atoms with Gasteiger partial charge in [0.2, 0.25) is 5.91 Å². The normalized spacial score (nSPS) is 20.6. The van der Waals surface area contributed by atoms with Gasteiger partial charge in [-0.2, -0.15) is 0 Å². The van der Waals surface area contributed by atoms with Gasteiger partial charge in [-0.3, -0.25) is 9.59 Å². The minimum absolute atomic E-state index is 0.0315. The van der Waals surface area contributed by atoms with E-state index in [-0.39, 0.29) is 17.8 Å². The fourth-order valence-corrected chi connectivity index (χ4v) is 3.00. The minimum atomic E-state index is -0.216. The summed E-state index contributed by atoms with van der Waals surface area (Å²) >= 11 is 0. The number of hydrogen-bond acceptors (Lipinski definition) is 4. The first kappa shape index (κ1) is 16.5. The van der Waals surface area contributed by atoms with Crippen LogP contribution in [0.2, 0.25) is 0 Å². The topological polar surface area (TPSA) is 81.4 Å². The number of carbonyl (C=O) groups excluding carboxylic acids is 2. The Labute approximate surface area is 131 Å². The third-order valence-electron chi connectivity index (χ3n) is 4.37. The Balaban J connectivity index is 1.88. The van der Waals surface area contributed by atoms with E-state index in [1.54, 1.807) is 0 Å². The number of hydrogen-bond donors (Lipinski definition) is 2. The fraction of sp³-hybridized carbons (Fsp3) is 0.529. The number of nitrogens with one attached hydrogen (secondary N) is 1. The van der Waals surface area contributed by atoms with Crippen molar-refractivity contribution >= 4 is 17.6 Å². The molecule has 2 rings (SSSR count). The molecule has 0 radical (unpaired) electrons. The lowest BCUT2D eigenvalue weighted by atomic mass is 9.95. The van der Waals surface area contributed by atoms with Crippen molar-refractivity contribution in [3.05, 3.63) is 29.8 Å². The van der Waals surface area contributed by atoms with E-state index < -0.39 is 0 Å². The van der Waals surface area contributed by atoms with Crippen molar-refractivity contribution in [2.45, 2.75) is 32.1 Å². The summed E-state index contributed by atoms with van der Waals surface area (Å²) < 4.78 is 4.62. The Hall–Kier alpha value is -1.88. The Morgan fingerprint density at radius 2 is 2.00 bits per heavy atom. The molecule has 1 aromatic carbocycles. The molecule has 1 amide bonds. The molecule has 0 spiro atoms. The number of anilines is 1. The summed E-state index contributed by atoms with van der Waals surface area (Å²) in [6.07, 6.45) is 4.04. The van der Waals surface area contributed by atoms with Gasteiger partial charge in [0.15, 0.2) is 0 Å². The van der Waals surface area contributed by atoms with Crippen molar-refractivity contribution in [2.75, 3.05) is 19.0 Å². The molecule has 120 valence electrons. The number of aryl methyl sites for hydroxylation is 1. The second kappa shape index (κ2) is 7.94. The summed E-state index contributed by atoms with van der Waals surface area (Å²) in [4.78, 5) is 23.4. The van der Waals surface area contributed by atoms with Gasteiger partial charge in [-0.1, -0.05) is 18.6 Å². The highest BCUT2D eigenvalue weighted by Crippen LogP contribution is 2.31. The molecule has 0 saturated heterocycles. The van der Waals surface area contributed by atoms with Crippen LogP contribution >= 0.6 is 0 Å². The number of benzene rings is 1. The molecule has 1 aliphatic rings. The van der Waals surface area contributed by atoms with Crippen molar-refractivity contribution in [1.29, 1.82) is 0 Å². The van der Waals surface area contributed by atoms with Crippen LogP contribution in [0.4, 0.5) is 5.69 Å². The summed E-state index contributed by atoms with van der Waals surface area (Å²) in [7, 11) is 1.39. The minimum Gasteiger partial charge on any atom is -0.469 e. The van der Waals surface area contributed by atoms with E-state index in [2.05, 4.69) is 10.1 Å². The molecule has 0 aromatic heterocycles. The summed E-state index contributed by atoms with van der Waals surface area (Å²) in [5, 5.41) is 2.97. The lowest BCUT2D eigenvalue weighted by molar-refractivity contribution is -0.140. The third-order valence-corrected chi connectivity index (χ3v) is 4.37. The molecular formula is C17H24N2O3. The van der Waals surface area contributed by atoms with Crippen LogP contribution in [0.15, 0.2) is 24.3 Å². The van der Waals surface area contributed by atoms with Crippen molar-refractivity contribution in [3.63, 3.8) is 0 Å². The van der Waals surface area contributed by atoms with Crippen molar-refractivity contribution < 1.29 is 14.3 Å². The molecule has 1 fully saturated rings. The molecule has 0 heterocycles. The second-order valence-corrected chi connectivity index (χ2v) is 5.80. The standard InChI is InChI=1S/C17H24N2O3/c1-22-16(20)10-7-12-5-8-14(9-6-12)19-17(21)15-4-2-3-13(15)11-18/h5-6,8-9,13,15H,2-4,7,10-11,18H2,1H3,(H,19,21)/t13-,15-/m1/s1. The van der Waals surface area contributed by atoms with Gasteiger partial charge in [-0.05, 0) is 49.4 Å². The summed E-state index contributed by atoms with van der Waals surface area (Å²) in [5.74, 6) is 0.185. The molecular weight excluding hydrogens is 280 g/mol. The zero-order valence-corrected chi connectivity index (χ0v) is 13.0. The van der Waals surface area contributed by atoms with Gasteiger partial charge in [0.1, 0.15) is 0 Å². The van der Waals surface area contributed by atoms with Gasteiger partial charge < -0.3 is 15.8 Å². The largest absolute Gasteiger partial charge is 0.469 e. The molecule has 5 heteroatoms. The van der Waals surface area contributed by atoms with Gasteiger partial charge in [0.05, 0.1) is 7.11 Å². The number of methoxy groups -OCH3 is 1. The van der Waals surface area contributed by atoms with Gasteiger partial charge in [0, 0.05) is 18.0 Å². The van der Waals surface area contributed by atoms with E-state index in [1.807, 2.05) is 24.3 Å². The lowest BCUT2D eigenvalue weighted by Crippen LogP contribution is -2.29. The summed E-state index contributed by atoms with van der Waals surface area (Å²) in [6, 6.07) is 7.59. The van der Waals surface area contributed by atoms with Crippen LogP contribution in [-0.2, 0) is 20.7 Å². The molecule has 3 N–H and O–H groups in total. The maximum atomic E-state index is 12.3. The first-order chi connectivity index (χ1) is 10.6. The molecule has 1 aliphatic carbocycles. The van der Waals surface area contributed by atoms with Crippen LogP contribution < -0.4 is 11.1 Å². The second-order valence-electron chi connectivity index (χ2n) is 5.80. The van der Waals surface area contributed by atoms with E-state index in [0.29, 0.717) is 25.3 Å². The van der Waals surface area contributed by atoms with E-state index >= 15 is 0 Å². The third kappa shape index (κ3) is 4.31. The Morgan fingerprint density at radius 3 is 2.64 bits per heavy atom. The molecule has 2 atom stereocenters. The van der Waals surface area contributed by atoms with Crippen molar-refractivity contribution in [2.24, 2.45) is 17.6 Å². The maximum absolute atomic E-state index is 12.3. The van der Waals surface area contributed by atoms with Crippen LogP contribution in [0, 0.1) is 11.8 Å². The molecule has 0 aliphatic heterocycles. The molecule has 0 unspecified atom stereocenters. The Bertz CT molecular complexity index is 513. The van der Waals surface area contributed by atoms with Crippen LogP contribution in [0.3, 0.4) is 0 Å². The zero-order valence-electron chi connectivity index (χ0n) is 13.0. The monoisotopic (exact) mass is 304 g/mol. The number of nitrogens with two attached hydrogens (primary N) is 1. The number of rotatable bonds is 6. The first-order valence-corrected chi connectivity index (χ1v) is 7.80. The van der Waals surface area contributed by atoms with E-state index in [9.17, 15) is 9.59 Å². The van der Waals surface area contributed by atoms with E-state index in [4.69, 9.17) is 5.73 Å². The van der Waals surface area contributed by atoms with Gasteiger partial charge in [-0.25, -0.2) is 0 Å². The predicted octanol–water partition coefficient (Wildman–Crippen LogP) is 2.11. The van der Waals surface area contributed by atoms with Crippen LogP contribution in [0.25, 0.3) is 0 Å². The van der Waals surface area contributed by atoms with Crippen LogP contribution in [0.1, 0.15) is 31.2 Å². The average molecular weight is 304 g/mol. The summed E-state index contributed by atoms with van der Waals surface area (Å²) in [5.41, 5.74) is 7.56. The molecule has 22 heavy (non-hydrogen) atoms. The predicted molar refractivity (Wildman–Crippen MR) is 85.3 cm³/mol. The van der Waals surface area contributed by atoms with E-state index in [1.165, 1.54) is 7.11 Å². The zero-order chi connectivity index (χ0) is 15.9. The SMILES string of the molecule is COC(=O)CCc1ccc(NC(=O)[C@@H]2CCC[C@@H]2CN)cc1. The average Bonchev–Trinajstić information content (AvgIpc) is 3.02. The Morgan fingerprint density at radius 1 is 1.27 bits per heavy atom. The smallest absolute Gasteiger partial charge is 0.305 e. The van der Waals surface area contributed by atoms with Crippen molar-refractivity contribution in [3.8, 4) is 0 Å². The van der Waals surface area contributed by atoms with Gasteiger partial charge in [-0.15, -0.1) is 0 Å². The molecule has 1 aromatic rings.